The fourth-order valence-electron chi connectivity index (χ4n) is 2.81. The molecule has 0 unspecified atom stereocenters. The molecule has 1 heterocycles. The molecule has 1 N–H and O–H groups in total. The van der Waals surface area contributed by atoms with Gasteiger partial charge < -0.3 is 10.1 Å². The Morgan fingerprint density at radius 2 is 1.96 bits per heavy atom. The van der Waals surface area contributed by atoms with Crippen LogP contribution in [0, 0.1) is 0 Å². The Bertz CT molecular complexity index is 660. The maximum atomic E-state index is 13.0. The molecule has 0 radical (unpaired) electrons. The van der Waals surface area contributed by atoms with Crippen molar-refractivity contribution in [2.24, 2.45) is 0 Å². The van der Waals surface area contributed by atoms with Crippen LogP contribution in [-0.2, 0) is 9.53 Å². The van der Waals surface area contributed by atoms with E-state index in [-0.39, 0.29) is 23.5 Å². The summed E-state index contributed by atoms with van der Waals surface area (Å²) in [5.74, 6) is -1.47. The molecule has 2 aliphatic rings. The van der Waals surface area contributed by atoms with E-state index >= 15 is 0 Å². The number of nitrogens with one attached hydrogen (secondary N) is 1. The largest absolute Gasteiger partial charge is 0.487 e. The summed E-state index contributed by atoms with van der Waals surface area (Å²) in [6, 6.07) is 7.11. The van der Waals surface area contributed by atoms with Crippen molar-refractivity contribution in [1.82, 2.24) is 5.32 Å². The Balaban J connectivity index is 1.72. The third-order valence-corrected chi connectivity index (χ3v) is 5.42. The normalized spacial score (nSPS) is 24.2. The van der Waals surface area contributed by atoms with Crippen molar-refractivity contribution in [3.8, 4) is 0 Å². The highest BCUT2D eigenvalue weighted by molar-refractivity contribution is 8.04. The minimum atomic E-state index is -4.66. The number of thioether (sulfide) groups is 1. The van der Waals surface area contributed by atoms with Crippen molar-refractivity contribution in [2.45, 2.75) is 31.0 Å². The molecular formula is C16H15ClF3NO2S. The molecule has 1 aromatic carbocycles. The first-order valence-corrected chi connectivity index (χ1v) is 8.86. The lowest BCUT2D eigenvalue weighted by Crippen LogP contribution is -2.46. The van der Waals surface area contributed by atoms with Crippen molar-refractivity contribution < 1.29 is 22.7 Å². The van der Waals surface area contributed by atoms with Crippen LogP contribution in [0.25, 0.3) is 0 Å². The average Bonchev–Trinajstić information content (AvgIpc) is 2.52. The number of hydrogen-bond acceptors (Lipinski definition) is 3. The third kappa shape index (κ3) is 3.67. The lowest BCUT2D eigenvalue weighted by atomic mass is 9.75. The molecular weight excluding hydrogens is 363 g/mol. The molecule has 2 atom stereocenters. The summed E-state index contributed by atoms with van der Waals surface area (Å²) in [4.78, 5) is 11.9. The third-order valence-electron chi connectivity index (χ3n) is 4.14. The van der Waals surface area contributed by atoms with Crippen LogP contribution in [0.3, 0.4) is 0 Å². The standard InChI is InChI=1S/C16H15ClF3NO2S/c17-10-3-1-9(2-4-10)11-5-6-12(11)21-15(22)13-14(16(18,19)20)23-7-8-24-13/h1-4,11-12H,5-8H2,(H,21,22)/t11-,12-/m0/s1. The highest BCUT2D eigenvalue weighted by Gasteiger charge is 2.43. The van der Waals surface area contributed by atoms with Crippen molar-refractivity contribution >= 4 is 29.3 Å². The fourth-order valence-corrected chi connectivity index (χ4v) is 3.81. The summed E-state index contributed by atoms with van der Waals surface area (Å²) >= 11 is 6.75. The number of alkyl halides is 3. The van der Waals surface area contributed by atoms with E-state index in [0.29, 0.717) is 10.8 Å². The lowest BCUT2D eigenvalue weighted by molar-refractivity contribution is -0.134. The van der Waals surface area contributed by atoms with Gasteiger partial charge in [-0.25, -0.2) is 0 Å². The molecule has 1 aliphatic heterocycles. The molecule has 3 nitrogen and oxygen atoms in total. The van der Waals surface area contributed by atoms with Crippen molar-refractivity contribution in [3.63, 3.8) is 0 Å². The van der Waals surface area contributed by atoms with Gasteiger partial charge in [0.2, 0.25) is 5.76 Å². The van der Waals surface area contributed by atoms with Crippen LogP contribution in [-0.4, -0.2) is 30.5 Å². The number of halogens is 4. The molecule has 3 rings (SSSR count). The molecule has 0 aromatic heterocycles. The van der Waals surface area contributed by atoms with Crippen LogP contribution in [0.4, 0.5) is 13.2 Å². The molecule has 24 heavy (non-hydrogen) atoms. The second-order valence-electron chi connectivity index (χ2n) is 5.67. The van der Waals surface area contributed by atoms with E-state index in [2.05, 4.69) is 5.32 Å². The molecule has 1 saturated carbocycles. The van der Waals surface area contributed by atoms with E-state index in [0.717, 1.165) is 30.2 Å². The average molecular weight is 378 g/mol. The number of carbonyl (C=O) groups excluding carboxylic acids is 1. The summed E-state index contributed by atoms with van der Waals surface area (Å²) in [5.41, 5.74) is 1.02. The van der Waals surface area contributed by atoms with Crippen molar-refractivity contribution in [2.75, 3.05) is 12.4 Å². The maximum absolute atomic E-state index is 13.0. The van der Waals surface area contributed by atoms with E-state index in [9.17, 15) is 18.0 Å². The lowest BCUT2D eigenvalue weighted by Gasteiger charge is -2.38. The van der Waals surface area contributed by atoms with Gasteiger partial charge in [-0.15, -0.1) is 11.8 Å². The van der Waals surface area contributed by atoms with Gasteiger partial charge in [-0.05, 0) is 30.5 Å². The van der Waals surface area contributed by atoms with Gasteiger partial charge in [0, 0.05) is 22.7 Å². The van der Waals surface area contributed by atoms with Crippen molar-refractivity contribution in [1.29, 1.82) is 0 Å². The van der Waals surface area contributed by atoms with Crippen LogP contribution in [0.2, 0.25) is 5.02 Å². The van der Waals surface area contributed by atoms with E-state index in [1.807, 2.05) is 12.1 Å². The van der Waals surface area contributed by atoms with E-state index in [4.69, 9.17) is 16.3 Å². The fraction of sp³-hybridized carbons (Fsp3) is 0.438. The minimum absolute atomic E-state index is 0.0485. The van der Waals surface area contributed by atoms with Gasteiger partial charge in [0.1, 0.15) is 4.91 Å². The van der Waals surface area contributed by atoms with Gasteiger partial charge in [-0.3, -0.25) is 4.79 Å². The number of ether oxygens (including phenoxy) is 1. The van der Waals surface area contributed by atoms with Crippen LogP contribution in [0.1, 0.15) is 24.3 Å². The van der Waals surface area contributed by atoms with Gasteiger partial charge in [-0.1, -0.05) is 23.7 Å². The summed E-state index contributed by atoms with van der Waals surface area (Å²) < 4.78 is 43.6. The van der Waals surface area contributed by atoms with Crippen LogP contribution >= 0.6 is 23.4 Å². The molecule has 1 fully saturated rings. The first-order valence-electron chi connectivity index (χ1n) is 7.49. The Labute approximate surface area is 146 Å². The molecule has 8 heteroatoms. The number of hydrogen-bond donors (Lipinski definition) is 1. The number of amides is 1. The smallest absolute Gasteiger partial charge is 0.450 e. The molecule has 0 saturated heterocycles. The predicted octanol–water partition coefficient (Wildman–Crippen LogP) is 4.24. The van der Waals surface area contributed by atoms with Gasteiger partial charge in [0.25, 0.3) is 5.91 Å². The van der Waals surface area contributed by atoms with Crippen LogP contribution in [0.15, 0.2) is 34.9 Å². The predicted molar refractivity (Wildman–Crippen MR) is 86.8 cm³/mol. The zero-order chi connectivity index (χ0) is 17.3. The Morgan fingerprint density at radius 3 is 2.54 bits per heavy atom. The zero-order valence-corrected chi connectivity index (χ0v) is 14.1. The quantitative estimate of drug-likeness (QED) is 0.856. The Kier molecular flexibility index (Phi) is 5.01. The second kappa shape index (κ2) is 6.88. The molecule has 1 amide bonds. The first kappa shape index (κ1) is 17.5. The minimum Gasteiger partial charge on any atom is -0.487 e. The summed E-state index contributed by atoms with van der Waals surface area (Å²) in [6.07, 6.45) is -3.05. The molecule has 1 aromatic rings. The second-order valence-corrected chi connectivity index (χ2v) is 7.21. The number of allylic oxidation sites excluding steroid dienone is 1. The number of carbonyl (C=O) groups is 1. The molecule has 1 aliphatic carbocycles. The molecule has 130 valence electrons. The number of benzene rings is 1. The summed E-state index contributed by atoms with van der Waals surface area (Å²) in [6.45, 7) is -0.0485. The summed E-state index contributed by atoms with van der Waals surface area (Å²) in [5, 5.41) is 3.34. The Morgan fingerprint density at radius 1 is 1.25 bits per heavy atom. The van der Waals surface area contributed by atoms with Gasteiger partial charge in [0.05, 0.1) is 6.61 Å². The topological polar surface area (TPSA) is 38.3 Å². The van der Waals surface area contributed by atoms with Gasteiger partial charge >= 0.3 is 6.18 Å². The first-order chi connectivity index (χ1) is 11.4. The highest BCUT2D eigenvalue weighted by Crippen LogP contribution is 2.40. The summed E-state index contributed by atoms with van der Waals surface area (Å²) in [7, 11) is 0. The van der Waals surface area contributed by atoms with Crippen LogP contribution in [0.5, 0.6) is 0 Å². The van der Waals surface area contributed by atoms with Gasteiger partial charge in [0.15, 0.2) is 0 Å². The van der Waals surface area contributed by atoms with E-state index < -0.39 is 17.8 Å². The monoisotopic (exact) mass is 377 g/mol. The van der Waals surface area contributed by atoms with E-state index in [1.165, 1.54) is 0 Å². The Hall–Kier alpha value is -1.34. The SMILES string of the molecule is O=C(N[C@H]1CC[C@H]1c1ccc(Cl)cc1)C1=C(C(F)(F)F)OCCS1. The number of rotatable bonds is 3. The van der Waals surface area contributed by atoms with Crippen molar-refractivity contribution in [3.05, 3.63) is 45.5 Å². The van der Waals surface area contributed by atoms with Crippen LogP contribution < -0.4 is 5.32 Å². The molecule has 0 bridgehead atoms. The van der Waals surface area contributed by atoms with E-state index in [1.54, 1.807) is 12.1 Å². The van der Waals surface area contributed by atoms with Gasteiger partial charge in [-0.2, -0.15) is 13.2 Å². The zero-order valence-electron chi connectivity index (χ0n) is 12.5. The maximum Gasteiger partial charge on any atom is 0.450 e. The molecule has 0 spiro atoms. The highest BCUT2D eigenvalue weighted by atomic mass is 35.5.